The van der Waals surface area contributed by atoms with E-state index in [0.29, 0.717) is 0 Å². The molecule has 0 spiro atoms. The number of fused-ring (bicyclic) bond motifs is 2. The third-order valence-corrected chi connectivity index (χ3v) is 12.1. The molecule has 2 saturated heterocycles. The first-order chi connectivity index (χ1) is 31.7. The van der Waals surface area contributed by atoms with Gasteiger partial charge in [-0.1, -0.05) is 104 Å². The van der Waals surface area contributed by atoms with Crippen LogP contribution in [0.2, 0.25) is 0 Å². The molecular formula is C47H71N3O17. The summed E-state index contributed by atoms with van der Waals surface area (Å²) in [5, 5.41) is 122. The van der Waals surface area contributed by atoms with Crippen LogP contribution >= 0.6 is 0 Å². The zero-order valence-electron chi connectivity index (χ0n) is 38.3. The molecular weight excluding hydrogens is 879 g/mol. The second kappa shape index (κ2) is 28.4. The lowest BCUT2D eigenvalue weighted by molar-refractivity contribution is -0.308. The number of aliphatic hydroxyl groups is 10. The molecule has 0 amide bonds. The van der Waals surface area contributed by atoms with Gasteiger partial charge in [0.15, 0.2) is 12.1 Å². The minimum absolute atomic E-state index is 0.121. The number of carbonyl (C=O) groups excluding carboxylic acids is 1. The number of esters is 1. The van der Waals surface area contributed by atoms with Crippen molar-refractivity contribution < 1.29 is 84.7 Å². The lowest BCUT2D eigenvalue weighted by atomic mass is 9.82. The van der Waals surface area contributed by atoms with Crippen molar-refractivity contribution in [2.75, 3.05) is 0 Å². The monoisotopic (exact) mass is 949 g/mol. The van der Waals surface area contributed by atoms with Crippen LogP contribution in [0.5, 0.6) is 0 Å². The number of allylic oxidation sites excluding steroid dienone is 12. The molecule has 20 nitrogen and oxygen atoms in total. The van der Waals surface area contributed by atoms with Crippen LogP contribution in [0.25, 0.3) is 10.4 Å². The summed E-state index contributed by atoms with van der Waals surface area (Å²) in [7, 11) is 0. The van der Waals surface area contributed by atoms with Crippen molar-refractivity contribution in [1.29, 1.82) is 0 Å². The molecule has 2 fully saturated rings. The third kappa shape index (κ3) is 19.1. The van der Waals surface area contributed by atoms with E-state index in [9.17, 15) is 65.8 Å². The molecule has 20 heteroatoms. The number of hydrogen-bond acceptors (Lipinski definition) is 17. The van der Waals surface area contributed by atoms with Crippen LogP contribution in [0.3, 0.4) is 0 Å². The highest BCUT2D eigenvalue weighted by molar-refractivity contribution is 5.71. The predicted molar refractivity (Wildman–Crippen MR) is 242 cm³/mol. The van der Waals surface area contributed by atoms with Crippen LogP contribution in [0.4, 0.5) is 0 Å². The Bertz CT molecular complexity index is 1800. The van der Waals surface area contributed by atoms with E-state index in [-0.39, 0.29) is 31.6 Å². The van der Waals surface area contributed by atoms with Gasteiger partial charge in [-0.15, -0.1) is 0 Å². The Kier molecular flexibility index (Phi) is 24.3. The molecule has 0 aliphatic carbocycles. The summed E-state index contributed by atoms with van der Waals surface area (Å²) < 4.78 is 23.1. The lowest BCUT2D eigenvalue weighted by Gasteiger charge is -2.45. The number of aliphatic hydroxyl groups excluding tert-OH is 9. The summed E-state index contributed by atoms with van der Waals surface area (Å²) >= 11 is 0. The van der Waals surface area contributed by atoms with E-state index in [2.05, 4.69) is 10.0 Å². The summed E-state index contributed by atoms with van der Waals surface area (Å²) in [4.78, 5) is 27.8. The van der Waals surface area contributed by atoms with Crippen LogP contribution in [-0.4, -0.2) is 166 Å². The van der Waals surface area contributed by atoms with Crippen LogP contribution in [0, 0.1) is 17.8 Å². The van der Waals surface area contributed by atoms with Gasteiger partial charge in [0.05, 0.1) is 79.6 Å². The molecule has 11 N–H and O–H groups in total. The van der Waals surface area contributed by atoms with Crippen molar-refractivity contribution in [3.8, 4) is 0 Å². The summed E-state index contributed by atoms with van der Waals surface area (Å²) in [6.07, 6.45) is 2.10. The van der Waals surface area contributed by atoms with E-state index in [1.54, 1.807) is 86.8 Å². The number of carbonyl (C=O) groups is 2. The zero-order chi connectivity index (χ0) is 49.8. The standard InChI is InChI=1S/C47H71N3O17/c1-27-17-15-13-11-9-7-5-6-8-10-12-14-16-18-34(66-46-44(60)41(49-50-48)43(59)30(4)65-46)24-38-40(45(61)62)37(56)26-47(63,67-38)25-33(53)22-36(55)35(54)20-19-31(51)21-32(52)23-39(57)64-29(3)28(2)42(27)58/h5-18,27-38,40-44,46,51-56,58-60,63H,19-26H2,1-4H3,(H,61,62)/b6-5+,9-7+,10-8+,13-11+,14-12+,17-15+,18-16+/t27-,28-,29-,30+,31?,32?,33?,34?,35+,36?,37-,38-,40+,41-,42+,43+,44+,46-,47+/m0/s1. The second-order valence-corrected chi connectivity index (χ2v) is 17.7. The number of cyclic esters (lactones) is 1. The van der Waals surface area contributed by atoms with Crippen LogP contribution < -0.4 is 0 Å². The van der Waals surface area contributed by atoms with Crippen LogP contribution in [0.15, 0.2) is 90.2 Å². The molecule has 376 valence electrons. The smallest absolute Gasteiger partial charge is 0.311 e. The second-order valence-electron chi connectivity index (χ2n) is 17.7. The first kappa shape index (κ1) is 57.2. The normalized spacial score (nSPS) is 44.3. The van der Waals surface area contributed by atoms with Gasteiger partial charge in [-0.05, 0) is 38.6 Å². The van der Waals surface area contributed by atoms with Gasteiger partial charge in [0.25, 0.3) is 0 Å². The quantitative estimate of drug-likeness (QED) is 0.0831. The maximum atomic E-state index is 12.6. The van der Waals surface area contributed by atoms with Gasteiger partial charge in [0.2, 0.25) is 0 Å². The van der Waals surface area contributed by atoms with Crippen molar-refractivity contribution in [3.63, 3.8) is 0 Å². The Morgan fingerprint density at radius 3 is 1.87 bits per heavy atom. The number of hydrogen-bond donors (Lipinski definition) is 11. The molecule has 0 aromatic heterocycles. The average molecular weight is 950 g/mol. The highest BCUT2D eigenvalue weighted by Gasteiger charge is 2.51. The number of carboxylic acids is 1. The van der Waals surface area contributed by atoms with Gasteiger partial charge in [-0.2, -0.15) is 0 Å². The Hall–Kier alpha value is -4.09. The molecule has 0 aromatic carbocycles. The van der Waals surface area contributed by atoms with Crippen molar-refractivity contribution in [2.24, 2.45) is 22.9 Å². The van der Waals surface area contributed by atoms with Crippen LogP contribution in [-0.2, 0) is 28.5 Å². The van der Waals surface area contributed by atoms with Crippen molar-refractivity contribution in [1.82, 2.24) is 0 Å². The summed E-state index contributed by atoms with van der Waals surface area (Å²) in [5.41, 5.74) is 9.06. The van der Waals surface area contributed by atoms with Gasteiger partial charge in [-0.3, -0.25) is 9.59 Å². The molecule has 0 saturated carbocycles. The van der Waals surface area contributed by atoms with Crippen LogP contribution in [0.1, 0.15) is 79.1 Å². The summed E-state index contributed by atoms with van der Waals surface area (Å²) in [5.74, 6) is -6.97. The Morgan fingerprint density at radius 1 is 0.701 bits per heavy atom. The van der Waals surface area contributed by atoms with Gasteiger partial charge in [0.1, 0.15) is 18.1 Å². The van der Waals surface area contributed by atoms with E-state index in [1.165, 1.54) is 13.0 Å². The molecule has 3 rings (SSSR count). The topological polar surface area (TPSA) is 342 Å². The minimum Gasteiger partial charge on any atom is -0.481 e. The molecule has 0 aromatic rings. The van der Waals surface area contributed by atoms with E-state index in [4.69, 9.17) is 24.5 Å². The van der Waals surface area contributed by atoms with Gasteiger partial charge in [0, 0.05) is 42.4 Å². The summed E-state index contributed by atoms with van der Waals surface area (Å²) in [6.45, 7) is 6.65. The molecule has 3 aliphatic heterocycles. The molecule has 67 heavy (non-hydrogen) atoms. The molecule has 2 bridgehead atoms. The average Bonchev–Trinajstić information content (AvgIpc) is 3.24. The lowest BCUT2D eigenvalue weighted by Crippen LogP contribution is -2.58. The fraction of sp³-hybridized carbons (Fsp3) is 0.660. The highest BCUT2D eigenvalue weighted by Crippen LogP contribution is 2.38. The molecule has 3 aliphatic rings. The predicted octanol–water partition coefficient (Wildman–Crippen LogP) is 2.06. The van der Waals surface area contributed by atoms with Gasteiger partial charge in [-0.25, -0.2) is 0 Å². The zero-order valence-corrected chi connectivity index (χ0v) is 38.3. The maximum absolute atomic E-state index is 12.6. The number of azide groups is 1. The van der Waals surface area contributed by atoms with E-state index in [0.717, 1.165) is 0 Å². The molecule has 3 heterocycles. The summed E-state index contributed by atoms with van der Waals surface area (Å²) in [6, 6.07) is -1.38. The number of ether oxygens (including phenoxy) is 4. The fourth-order valence-corrected chi connectivity index (χ4v) is 8.11. The highest BCUT2D eigenvalue weighted by atomic mass is 16.7. The van der Waals surface area contributed by atoms with E-state index >= 15 is 0 Å². The van der Waals surface area contributed by atoms with Crippen molar-refractivity contribution >= 4 is 11.9 Å². The largest absolute Gasteiger partial charge is 0.481 e. The third-order valence-electron chi connectivity index (χ3n) is 12.1. The number of rotatable bonds is 4. The molecule has 5 unspecified atom stereocenters. The van der Waals surface area contributed by atoms with Crippen molar-refractivity contribution in [2.45, 2.75) is 177 Å². The first-order valence-electron chi connectivity index (χ1n) is 22.6. The SMILES string of the molecule is C[C@@H]1[C@H](O)[C@@H](C)/C=C/C=C/C=C/C=C/C=C/C=C/C=C/C(O[C@@H]2O[C@H](C)[C@@H](O)[C@H](N=[N+]=[N-])[C@H]2O)C[C@@H]2O[C@](O)(CC(O)CC(O)[C@H](O)CCC(O)CC(O)CC(=O)O[C@H]1C)C[C@H](O)[C@H]2C(=O)O. The molecule has 19 atom stereocenters. The van der Waals surface area contributed by atoms with Gasteiger partial charge < -0.3 is 75.1 Å². The van der Waals surface area contributed by atoms with Crippen molar-refractivity contribution in [3.05, 3.63) is 95.5 Å². The Balaban J connectivity index is 1.89. The maximum Gasteiger partial charge on any atom is 0.311 e. The number of nitrogens with zero attached hydrogens (tertiary/aromatic N) is 3. The molecule has 0 radical (unpaired) electrons. The fourth-order valence-electron chi connectivity index (χ4n) is 8.11. The van der Waals surface area contributed by atoms with Gasteiger partial charge >= 0.3 is 11.9 Å². The first-order valence-corrected chi connectivity index (χ1v) is 22.6. The number of carboxylic acid groups (broad SMARTS) is 1. The number of aliphatic carboxylic acids is 1. The van der Waals surface area contributed by atoms with E-state index in [1.807, 2.05) is 13.0 Å². The van der Waals surface area contributed by atoms with E-state index < -0.39 is 147 Å². The minimum atomic E-state index is -2.36. The Morgan fingerprint density at radius 2 is 1.28 bits per heavy atom. The Labute approximate surface area is 390 Å².